The fourth-order valence-corrected chi connectivity index (χ4v) is 3.70. The van der Waals surface area contributed by atoms with Gasteiger partial charge < -0.3 is 4.90 Å². The molecule has 1 aliphatic heterocycles. The Labute approximate surface area is 126 Å². The first kappa shape index (κ1) is 16.4. The van der Waals surface area contributed by atoms with Crippen LogP contribution in [0.15, 0.2) is 24.3 Å². The lowest BCUT2D eigenvalue weighted by molar-refractivity contribution is 0.194. The number of hydrogen-bond donors (Lipinski definition) is 1. The summed E-state index contributed by atoms with van der Waals surface area (Å²) in [5.41, 5.74) is 1.11. The molecule has 2 atom stereocenters. The van der Waals surface area contributed by atoms with Gasteiger partial charge >= 0.3 is 0 Å². The van der Waals surface area contributed by atoms with Gasteiger partial charge in [-0.3, -0.25) is 0 Å². The van der Waals surface area contributed by atoms with E-state index in [0.717, 1.165) is 38.0 Å². The van der Waals surface area contributed by atoms with E-state index in [9.17, 15) is 12.8 Å². The van der Waals surface area contributed by atoms with Gasteiger partial charge in [0.2, 0.25) is 10.0 Å². The largest absolute Gasteiger partial charge is 0.301 e. The van der Waals surface area contributed by atoms with Crippen molar-refractivity contribution in [3.63, 3.8) is 0 Å². The molecule has 0 saturated carbocycles. The molecule has 2 rings (SSSR count). The molecule has 0 amide bonds. The highest BCUT2D eigenvalue weighted by atomic mass is 32.2. The van der Waals surface area contributed by atoms with Crippen LogP contribution in [0.1, 0.15) is 31.2 Å². The Bertz CT molecular complexity index is 560. The molecular formula is C15H23FN2O2S. The predicted molar refractivity (Wildman–Crippen MR) is 82.3 cm³/mol. The molecule has 1 aliphatic rings. The van der Waals surface area contributed by atoms with Gasteiger partial charge in [-0.2, -0.15) is 0 Å². The van der Waals surface area contributed by atoms with E-state index >= 15 is 0 Å². The van der Waals surface area contributed by atoms with Gasteiger partial charge in [0.1, 0.15) is 5.82 Å². The Morgan fingerprint density at radius 3 is 2.67 bits per heavy atom. The average molecular weight is 314 g/mol. The Balaban J connectivity index is 1.91. The fraction of sp³-hybridized carbons (Fsp3) is 0.600. The van der Waals surface area contributed by atoms with Crippen molar-refractivity contribution in [1.29, 1.82) is 0 Å². The average Bonchev–Trinajstić information content (AvgIpc) is 2.37. The monoisotopic (exact) mass is 314 g/mol. The summed E-state index contributed by atoms with van der Waals surface area (Å²) in [6.07, 6.45) is 3.07. The molecule has 1 aromatic carbocycles. The Kier molecular flexibility index (Phi) is 5.35. The number of halogens is 1. The number of nitrogens with zero attached hydrogens (tertiary/aromatic N) is 1. The summed E-state index contributed by atoms with van der Waals surface area (Å²) >= 11 is 0. The summed E-state index contributed by atoms with van der Waals surface area (Å²) in [6, 6.07) is 6.59. The number of nitrogens with one attached hydrogen (secondary N) is 1. The zero-order valence-corrected chi connectivity index (χ0v) is 13.4. The second-order valence-corrected chi connectivity index (χ2v) is 7.72. The van der Waals surface area contributed by atoms with E-state index in [1.54, 1.807) is 0 Å². The van der Waals surface area contributed by atoms with Crippen molar-refractivity contribution >= 4 is 10.0 Å². The first-order chi connectivity index (χ1) is 9.83. The zero-order valence-electron chi connectivity index (χ0n) is 12.5. The molecular weight excluding hydrogens is 291 g/mol. The van der Waals surface area contributed by atoms with Crippen LogP contribution in [0.3, 0.4) is 0 Å². The Morgan fingerprint density at radius 2 is 2.05 bits per heavy atom. The first-order valence-corrected chi connectivity index (χ1v) is 9.18. The van der Waals surface area contributed by atoms with Crippen LogP contribution >= 0.6 is 0 Å². The smallest absolute Gasteiger partial charge is 0.208 e. The molecule has 1 heterocycles. The van der Waals surface area contributed by atoms with Crippen molar-refractivity contribution < 1.29 is 12.8 Å². The number of hydrogen-bond acceptors (Lipinski definition) is 3. The highest BCUT2D eigenvalue weighted by molar-refractivity contribution is 7.88. The van der Waals surface area contributed by atoms with Gasteiger partial charge in [0.05, 0.1) is 6.26 Å². The summed E-state index contributed by atoms with van der Waals surface area (Å²) < 4.78 is 38.3. The molecule has 0 aromatic heterocycles. The molecule has 6 heteroatoms. The van der Waals surface area contributed by atoms with Gasteiger partial charge in [0.25, 0.3) is 0 Å². The van der Waals surface area contributed by atoms with Crippen LogP contribution in [-0.4, -0.2) is 45.2 Å². The molecule has 1 fully saturated rings. The summed E-state index contributed by atoms with van der Waals surface area (Å²) in [5.74, 6) is 0.0731. The third-order valence-electron chi connectivity index (χ3n) is 3.86. The number of sulfonamides is 1. The minimum absolute atomic E-state index is 0.00540. The van der Waals surface area contributed by atoms with Crippen LogP contribution < -0.4 is 4.72 Å². The van der Waals surface area contributed by atoms with Crippen LogP contribution in [0.2, 0.25) is 0 Å². The summed E-state index contributed by atoms with van der Waals surface area (Å²) in [5, 5.41) is 0. The summed E-state index contributed by atoms with van der Waals surface area (Å²) in [6.45, 7) is 4.68. The van der Waals surface area contributed by atoms with Gasteiger partial charge in [-0.25, -0.2) is 17.5 Å². The number of rotatable bonds is 5. The maximum atomic E-state index is 12.9. The maximum absolute atomic E-state index is 12.9. The number of likely N-dealkylation sites (tertiary alicyclic amines) is 1. The zero-order chi connectivity index (χ0) is 15.5. The van der Waals surface area contributed by atoms with Crippen molar-refractivity contribution in [3.05, 3.63) is 35.6 Å². The molecule has 1 N–H and O–H groups in total. The Morgan fingerprint density at radius 1 is 1.38 bits per heavy atom. The second-order valence-electron chi connectivity index (χ2n) is 5.94. The van der Waals surface area contributed by atoms with Crippen LogP contribution in [-0.2, 0) is 10.0 Å². The van der Waals surface area contributed by atoms with E-state index in [-0.39, 0.29) is 11.9 Å². The molecule has 118 valence electrons. The van der Waals surface area contributed by atoms with E-state index in [2.05, 4.69) is 16.5 Å². The van der Waals surface area contributed by atoms with E-state index in [1.807, 2.05) is 12.1 Å². The van der Waals surface area contributed by atoms with Gasteiger partial charge in [-0.05, 0) is 43.0 Å². The molecule has 0 spiro atoms. The molecule has 1 aromatic rings. The first-order valence-electron chi connectivity index (χ1n) is 7.28. The molecule has 0 aliphatic carbocycles. The highest BCUT2D eigenvalue weighted by Crippen LogP contribution is 2.20. The van der Waals surface area contributed by atoms with Crippen LogP contribution in [0.4, 0.5) is 4.39 Å². The number of benzene rings is 1. The lowest BCUT2D eigenvalue weighted by Gasteiger charge is -2.34. The van der Waals surface area contributed by atoms with Gasteiger partial charge in [0.15, 0.2) is 0 Å². The minimum Gasteiger partial charge on any atom is -0.301 e. The van der Waals surface area contributed by atoms with E-state index in [0.29, 0.717) is 5.92 Å². The third-order valence-corrected chi connectivity index (χ3v) is 4.62. The molecule has 4 nitrogen and oxygen atoms in total. The van der Waals surface area contributed by atoms with Gasteiger partial charge in [-0.15, -0.1) is 0 Å². The van der Waals surface area contributed by atoms with E-state index in [1.165, 1.54) is 18.4 Å². The lowest BCUT2D eigenvalue weighted by atomic mass is 9.98. The Hall–Kier alpha value is -0.980. The van der Waals surface area contributed by atoms with Crippen molar-refractivity contribution in [2.24, 2.45) is 0 Å². The van der Waals surface area contributed by atoms with Crippen molar-refractivity contribution in [2.45, 2.75) is 31.7 Å². The molecule has 21 heavy (non-hydrogen) atoms. The molecule has 0 bridgehead atoms. The van der Waals surface area contributed by atoms with E-state index < -0.39 is 10.0 Å². The van der Waals surface area contributed by atoms with E-state index in [4.69, 9.17) is 0 Å². The van der Waals surface area contributed by atoms with Gasteiger partial charge in [-0.1, -0.05) is 19.1 Å². The topological polar surface area (TPSA) is 49.4 Å². The normalized spacial score (nSPS) is 22.1. The third kappa shape index (κ3) is 5.37. The summed E-state index contributed by atoms with van der Waals surface area (Å²) in [4.78, 5) is 2.28. The molecule has 0 radical (unpaired) electrons. The molecule has 0 unspecified atom stereocenters. The maximum Gasteiger partial charge on any atom is 0.208 e. The van der Waals surface area contributed by atoms with Crippen molar-refractivity contribution in [1.82, 2.24) is 9.62 Å². The lowest BCUT2D eigenvalue weighted by Crippen LogP contribution is -2.48. The minimum atomic E-state index is -3.15. The SMILES string of the molecule is C[C@H](CN1CCC[C@H](NS(C)(=O)=O)C1)c1ccc(F)cc1. The fourth-order valence-electron chi connectivity index (χ4n) is 2.90. The van der Waals surface area contributed by atoms with Crippen molar-refractivity contribution in [2.75, 3.05) is 25.9 Å². The van der Waals surface area contributed by atoms with Crippen LogP contribution in [0.25, 0.3) is 0 Å². The second kappa shape index (κ2) is 6.85. The predicted octanol–water partition coefficient (Wildman–Crippen LogP) is 1.94. The highest BCUT2D eigenvalue weighted by Gasteiger charge is 2.23. The van der Waals surface area contributed by atoms with Crippen LogP contribution in [0.5, 0.6) is 0 Å². The quantitative estimate of drug-likeness (QED) is 0.903. The van der Waals surface area contributed by atoms with Gasteiger partial charge in [0, 0.05) is 19.1 Å². The summed E-state index contributed by atoms with van der Waals surface area (Å²) in [7, 11) is -3.15. The molecule has 1 saturated heterocycles. The number of piperidine rings is 1. The van der Waals surface area contributed by atoms with Crippen LogP contribution in [0, 0.1) is 5.82 Å². The van der Waals surface area contributed by atoms with Crippen molar-refractivity contribution in [3.8, 4) is 0 Å². The standard InChI is InChI=1S/C15H23FN2O2S/c1-12(13-5-7-14(16)8-6-13)10-18-9-3-4-15(11-18)17-21(2,19)20/h5-8,12,15,17H,3-4,9-11H2,1-2H3/t12-,15+/m1/s1.